The Morgan fingerprint density at radius 2 is 1.65 bits per heavy atom. The number of nitrogens with one attached hydrogen (secondary N) is 2. The first-order valence-electron chi connectivity index (χ1n) is 10.8. The average Bonchev–Trinajstić information content (AvgIpc) is 3.38. The Morgan fingerprint density at radius 1 is 1.03 bits per heavy atom. The largest absolute Gasteiger partial charge is 0.490 e. The highest BCUT2D eigenvalue weighted by molar-refractivity contribution is 6.04. The number of hydrogen-bond donors (Lipinski definition) is 4. The molecule has 4 rings (SSSR count). The van der Waals surface area contributed by atoms with Gasteiger partial charge in [-0.1, -0.05) is 12.8 Å². The number of carboxylic acids is 1. The minimum atomic E-state index is -5.08. The highest BCUT2D eigenvalue weighted by Gasteiger charge is 2.38. The lowest BCUT2D eigenvalue weighted by molar-refractivity contribution is -0.192. The number of nitrogens with zero attached hydrogens (tertiary/aromatic N) is 4. The number of anilines is 2. The molecule has 16 heteroatoms. The van der Waals surface area contributed by atoms with Crippen LogP contribution in [0.4, 0.5) is 37.8 Å². The number of aliphatic carboxylic acids is 1. The molecule has 0 bridgehead atoms. The van der Waals surface area contributed by atoms with E-state index in [4.69, 9.17) is 9.90 Å². The smallest absolute Gasteiger partial charge is 0.475 e. The normalized spacial score (nSPS) is 18.2. The first-order valence-corrected chi connectivity index (χ1v) is 10.8. The third-order valence-corrected chi connectivity index (χ3v) is 5.39. The third-order valence-electron chi connectivity index (χ3n) is 5.39. The molecule has 0 saturated heterocycles. The van der Waals surface area contributed by atoms with E-state index in [1.54, 1.807) is 18.2 Å². The van der Waals surface area contributed by atoms with Gasteiger partial charge in [-0.15, -0.1) is 5.10 Å². The number of aliphatic hydroxyl groups is 1. The van der Waals surface area contributed by atoms with E-state index in [1.807, 2.05) is 0 Å². The van der Waals surface area contributed by atoms with Crippen LogP contribution in [0.15, 0.2) is 30.5 Å². The number of rotatable bonds is 4. The number of aromatic nitrogens is 4. The predicted octanol–water partition coefficient (Wildman–Crippen LogP) is 3.69. The van der Waals surface area contributed by atoms with Crippen LogP contribution in [-0.2, 0) is 18.0 Å². The summed E-state index contributed by atoms with van der Waals surface area (Å²) >= 11 is 0. The van der Waals surface area contributed by atoms with Crippen LogP contribution in [0.5, 0.6) is 0 Å². The lowest BCUT2D eigenvalue weighted by Gasteiger charge is -2.28. The van der Waals surface area contributed by atoms with Crippen molar-refractivity contribution >= 4 is 28.9 Å². The van der Waals surface area contributed by atoms with Crippen molar-refractivity contribution in [2.24, 2.45) is 7.05 Å². The van der Waals surface area contributed by atoms with Crippen LogP contribution < -0.4 is 10.6 Å². The summed E-state index contributed by atoms with van der Waals surface area (Å²) in [6.07, 6.45) is -5.66. The first-order chi connectivity index (χ1) is 17.2. The molecule has 1 amide bonds. The van der Waals surface area contributed by atoms with E-state index in [-0.39, 0.29) is 11.7 Å². The summed E-state index contributed by atoms with van der Waals surface area (Å²) in [5.74, 6) is -3.03. The van der Waals surface area contributed by atoms with Gasteiger partial charge in [0.15, 0.2) is 5.69 Å². The van der Waals surface area contributed by atoms with E-state index in [1.165, 1.54) is 17.6 Å². The Morgan fingerprint density at radius 3 is 2.24 bits per heavy atom. The Hall–Kier alpha value is -3.82. The molecule has 1 saturated carbocycles. The monoisotopic (exact) mass is 536 g/mol. The van der Waals surface area contributed by atoms with Gasteiger partial charge >= 0.3 is 18.3 Å². The van der Waals surface area contributed by atoms with E-state index in [0.29, 0.717) is 17.8 Å². The molecule has 1 fully saturated rings. The molecule has 3 aromatic rings. The van der Waals surface area contributed by atoms with Gasteiger partial charge in [0.1, 0.15) is 11.5 Å². The van der Waals surface area contributed by atoms with Crippen LogP contribution in [0.1, 0.15) is 41.9 Å². The van der Waals surface area contributed by atoms with E-state index in [9.17, 15) is 36.2 Å². The maximum atomic E-state index is 13.1. The quantitative estimate of drug-likeness (QED) is 0.374. The lowest BCUT2D eigenvalue weighted by atomic mass is 9.93. The second-order valence-electron chi connectivity index (χ2n) is 8.20. The molecule has 37 heavy (non-hydrogen) atoms. The number of carboxylic acid groups (broad SMARTS) is 1. The van der Waals surface area contributed by atoms with Crippen molar-refractivity contribution in [2.45, 2.75) is 50.2 Å². The average molecular weight is 536 g/mol. The standard InChI is InChI=1S/C19H21F3N6O2.C2HF3O2/c1-27-10-13(17(26-27)19(20,21)22)24-18(30)14-8-6-11-7-9-16(25-28(11)14)23-12-4-2-3-5-15(12)29;3-2(4,5)1(6)7/h6-10,12,15,29H,2-5H2,1H3,(H,23,25)(H,24,30);(H,6,7)/t12-,15+;/m1./s1. The Bertz CT molecular complexity index is 1270. The molecule has 10 nitrogen and oxygen atoms in total. The van der Waals surface area contributed by atoms with Crippen molar-refractivity contribution in [1.82, 2.24) is 19.4 Å². The number of fused-ring (bicyclic) bond motifs is 1. The molecule has 0 aromatic carbocycles. The first kappa shape index (κ1) is 27.8. The van der Waals surface area contributed by atoms with Crippen molar-refractivity contribution in [1.29, 1.82) is 0 Å². The minimum Gasteiger partial charge on any atom is -0.475 e. The summed E-state index contributed by atoms with van der Waals surface area (Å²) in [5.41, 5.74) is -0.905. The van der Waals surface area contributed by atoms with Gasteiger partial charge in [-0.2, -0.15) is 31.4 Å². The predicted molar refractivity (Wildman–Crippen MR) is 117 cm³/mol. The van der Waals surface area contributed by atoms with Crippen molar-refractivity contribution < 1.29 is 46.1 Å². The number of hydrogen-bond acceptors (Lipinski definition) is 6. The van der Waals surface area contributed by atoms with Crippen LogP contribution in [0, 0.1) is 0 Å². The van der Waals surface area contributed by atoms with Crippen LogP contribution in [0.2, 0.25) is 0 Å². The highest BCUT2D eigenvalue weighted by atomic mass is 19.4. The molecule has 1 aliphatic carbocycles. The van der Waals surface area contributed by atoms with Gasteiger partial charge < -0.3 is 20.8 Å². The van der Waals surface area contributed by atoms with E-state index < -0.39 is 41.7 Å². The van der Waals surface area contributed by atoms with E-state index in [0.717, 1.165) is 30.1 Å². The Kier molecular flexibility index (Phi) is 8.00. The number of halogens is 6. The van der Waals surface area contributed by atoms with Gasteiger partial charge in [-0.05, 0) is 37.1 Å². The summed E-state index contributed by atoms with van der Waals surface area (Å²) in [7, 11) is 1.34. The Balaban J connectivity index is 0.000000479. The zero-order valence-electron chi connectivity index (χ0n) is 19.1. The summed E-state index contributed by atoms with van der Waals surface area (Å²) < 4.78 is 73.5. The zero-order valence-corrected chi connectivity index (χ0v) is 19.1. The van der Waals surface area contributed by atoms with Crippen molar-refractivity contribution in [2.75, 3.05) is 10.6 Å². The number of alkyl halides is 6. The molecule has 0 radical (unpaired) electrons. The molecule has 1 aliphatic rings. The molecule has 0 aliphatic heterocycles. The second-order valence-corrected chi connectivity index (χ2v) is 8.20. The molecular weight excluding hydrogens is 514 g/mol. The minimum absolute atomic E-state index is 0.0785. The van der Waals surface area contributed by atoms with Crippen LogP contribution in [0.3, 0.4) is 0 Å². The molecule has 3 aromatic heterocycles. The van der Waals surface area contributed by atoms with Gasteiger partial charge in [-0.3, -0.25) is 9.48 Å². The zero-order chi connectivity index (χ0) is 27.5. The molecule has 202 valence electrons. The molecule has 0 spiro atoms. The summed E-state index contributed by atoms with van der Waals surface area (Å²) in [5, 5.41) is 30.5. The van der Waals surface area contributed by atoms with Crippen molar-refractivity contribution in [3.63, 3.8) is 0 Å². The summed E-state index contributed by atoms with van der Waals surface area (Å²) in [6.45, 7) is 0. The van der Waals surface area contributed by atoms with Gasteiger partial charge in [0.05, 0.1) is 23.3 Å². The number of amides is 1. The number of aryl methyl sites for hydroxylation is 1. The van der Waals surface area contributed by atoms with Crippen LogP contribution in [-0.4, -0.2) is 59.8 Å². The number of aliphatic hydroxyl groups excluding tert-OH is 1. The van der Waals surface area contributed by atoms with E-state index in [2.05, 4.69) is 20.8 Å². The molecule has 3 heterocycles. The van der Waals surface area contributed by atoms with Crippen molar-refractivity contribution in [3.8, 4) is 0 Å². The van der Waals surface area contributed by atoms with Gasteiger partial charge in [0, 0.05) is 13.2 Å². The lowest BCUT2D eigenvalue weighted by Crippen LogP contribution is -2.36. The highest BCUT2D eigenvalue weighted by Crippen LogP contribution is 2.33. The van der Waals surface area contributed by atoms with Crippen molar-refractivity contribution in [3.05, 3.63) is 41.9 Å². The van der Waals surface area contributed by atoms with E-state index >= 15 is 0 Å². The summed E-state index contributed by atoms with van der Waals surface area (Å²) in [6, 6.07) is 6.48. The second kappa shape index (κ2) is 10.7. The fourth-order valence-corrected chi connectivity index (χ4v) is 3.68. The SMILES string of the molecule is Cn1cc(NC(=O)c2ccc3ccc(N[C@@H]4CCCC[C@@H]4O)nn23)c(C(F)(F)F)n1.O=C(O)C(F)(F)F. The van der Waals surface area contributed by atoms with Crippen LogP contribution in [0.25, 0.3) is 5.52 Å². The molecular formula is C21H22F6N6O4. The fourth-order valence-electron chi connectivity index (χ4n) is 3.68. The van der Waals surface area contributed by atoms with Gasteiger partial charge in [0.25, 0.3) is 5.91 Å². The maximum Gasteiger partial charge on any atom is 0.490 e. The Labute approximate surface area is 204 Å². The number of carbonyl (C=O) groups excluding carboxylic acids is 1. The molecule has 4 N–H and O–H groups in total. The number of carbonyl (C=O) groups is 2. The molecule has 2 atom stereocenters. The fraction of sp³-hybridized carbons (Fsp3) is 0.429. The maximum absolute atomic E-state index is 13.1. The van der Waals surface area contributed by atoms with Gasteiger partial charge in [0.2, 0.25) is 0 Å². The summed E-state index contributed by atoms with van der Waals surface area (Å²) in [4.78, 5) is 21.6. The van der Waals surface area contributed by atoms with Crippen LogP contribution >= 0.6 is 0 Å². The van der Waals surface area contributed by atoms with Gasteiger partial charge in [-0.25, -0.2) is 9.31 Å². The topological polar surface area (TPSA) is 134 Å². The molecule has 0 unspecified atom stereocenters. The third kappa shape index (κ3) is 6.90.